The number of halogens is 2. The minimum absolute atomic E-state index is 0.0825. The van der Waals surface area contributed by atoms with Crippen LogP contribution in [-0.4, -0.2) is 22.9 Å². The molecular weight excluding hydrogens is 339 g/mol. The van der Waals surface area contributed by atoms with Crippen molar-refractivity contribution < 1.29 is 13.9 Å². The number of fused-ring (bicyclic) bond motifs is 1. The van der Waals surface area contributed by atoms with Gasteiger partial charge in [0.1, 0.15) is 22.8 Å². The van der Waals surface area contributed by atoms with E-state index in [1.54, 1.807) is 18.3 Å². The van der Waals surface area contributed by atoms with Crippen molar-refractivity contribution in [3.63, 3.8) is 0 Å². The lowest BCUT2D eigenvalue weighted by Crippen LogP contribution is -2.06. The number of benzene rings is 1. The zero-order valence-corrected chi connectivity index (χ0v) is 12.6. The highest BCUT2D eigenvalue weighted by Crippen LogP contribution is 2.28. The quantitative estimate of drug-likeness (QED) is 0.734. The maximum atomic E-state index is 14.0. The molecule has 0 amide bonds. The highest BCUT2D eigenvalue weighted by atomic mass is 79.9. The first-order valence-electron chi connectivity index (χ1n) is 6.11. The molecule has 0 bridgehead atoms. The summed E-state index contributed by atoms with van der Waals surface area (Å²) in [7, 11) is 1.40. The van der Waals surface area contributed by atoms with Gasteiger partial charge in [0, 0.05) is 27.8 Å². The van der Waals surface area contributed by atoms with E-state index in [2.05, 4.69) is 25.9 Å². The van der Waals surface area contributed by atoms with Gasteiger partial charge in [-0.15, -0.1) is 0 Å². The molecule has 6 heteroatoms. The highest BCUT2D eigenvalue weighted by Gasteiger charge is 2.22. The molecule has 2 heterocycles. The summed E-state index contributed by atoms with van der Waals surface area (Å²) in [5.74, 6) is -0.856. The van der Waals surface area contributed by atoms with E-state index in [1.165, 1.54) is 25.4 Å². The van der Waals surface area contributed by atoms with Crippen molar-refractivity contribution in [3.05, 3.63) is 58.1 Å². The molecule has 4 nitrogen and oxygen atoms in total. The fourth-order valence-electron chi connectivity index (χ4n) is 2.20. The molecule has 106 valence electrons. The Morgan fingerprint density at radius 2 is 2.24 bits per heavy atom. The Balaban J connectivity index is 2.20. The first-order chi connectivity index (χ1) is 10.1. The summed E-state index contributed by atoms with van der Waals surface area (Å²) in [4.78, 5) is 19.7. The van der Waals surface area contributed by atoms with E-state index in [1.807, 2.05) is 0 Å². The summed E-state index contributed by atoms with van der Waals surface area (Å²) in [5, 5.41) is 0.625. The van der Waals surface area contributed by atoms with Crippen LogP contribution in [0.25, 0.3) is 11.0 Å². The van der Waals surface area contributed by atoms with Crippen LogP contribution in [0.1, 0.15) is 15.9 Å². The lowest BCUT2D eigenvalue weighted by atomic mass is 10.0. The molecule has 0 saturated heterocycles. The SMILES string of the molecule is COc1cccc(F)c1C(=O)c1c[nH]c2ncc(Br)cc12. The minimum atomic E-state index is -0.614. The Bertz CT molecular complexity index is 845. The Morgan fingerprint density at radius 1 is 1.43 bits per heavy atom. The fourth-order valence-corrected chi connectivity index (χ4v) is 2.53. The summed E-state index contributed by atoms with van der Waals surface area (Å²) in [5.41, 5.74) is 0.833. The van der Waals surface area contributed by atoms with Gasteiger partial charge in [-0.2, -0.15) is 0 Å². The predicted octanol–water partition coefficient (Wildman–Crippen LogP) is 3.70. The van der Waals surface area contributed by atoms with Crippen LogP contribution in [0.4, 0.5) is 4.39 Å². The molecule has 1 N–H and O–H groups in total. The van der Waals surface area contributed by atoms with E-state index in [0.29, 0.717) is 16.6 Å². The number of hydrogen-bond donors (Lipinski definition) is 1. The summed E-state index contributed by atoms with van der Waals surface area (Å²) in [6.07, 6.45) is 3.15. The average Bonchev–Trinajstić information content (AvgIpc) is 2.89. The topological polar surface area (TPSA) is 55.0 Å². The van der Waals surface area contributed by atoms with E-state index in [-0.39, 0.29) is 11.3 Å². The molecule has 0 aliphatic carbocycles. The van der Waals surface area contributed by atoms with Gasteiger partial charge < -0.3 is 9.72 Å². The lowest BCUT2D eigenvalue weighted by Gasteiger charge is -2.08. The lowest BCUT2D eigenvalue weighted by molar-refractivity contribution is 0.103. The Hall–Kier alpha value is -2.21. The third-order valence-electron chi connectivity index (χ3n) is 3.16. The summed E-state index contributed by atoms with van der Waals surface area (Å²) >= 11 is 3.31. The summed E-state index contributed by atoms with van der Waals surface area (Å²) in [6.45, 7) is 0. The third-order valence-corrected chi connectivity index (χ3v) is 3.60. The summed E-state index contributed by atoms with van der Waals surface area (Å²) < 4.78 is 19.8. The second-order valence-corrected chi connectivity index (χ2v) is 5.31. The van der Waals surface area contributed by atoms with Gasteiger partial charge in [-0.25, -0.2) is 9.37 Å². The highest BCUT2D eigenvalue weighted by molar-refractivity contribution is 9.10. The Kier molecular flexibility index (Phi) is 3.47. The van der Waals surface area contributed by atoms with Crippen LogP contribution in [-0.2, 0) is 0 Å². The van der Waals surface area contributed by atoms with E-state index in [0.717, 1.165) is 4.47 Å². The van der Waals surface area contributed by atoms with Crippen molar-refractivity contribution in [3.8, 4) is 5.75 Å². The Morgan fingerprint density at radius 3 is 3.00 bits per heavy atom. The van der Waals surface area contributed by atoms with Crippen LogP contribution in [0.2, 0.25) is 0 Å². The van der Waals surface area contributed by atoms with Gasteiger partial charge in [0.2, 0.25) is 5.78 Å². The van der Waals surface area contributed by atoms with Gasteiger partial charge >= 0.3 is 0 Å². The zero-order chi connectivity index (χ0) is 15.0. The number of carbonyl (C=O) groups excluding carboxylic acids is 1. The molecule has 0 atom stereocenters. The molecule has 21 heavy (non-hydrogen) atoms. The fraction of sp³-hybridized carbons (Fsp3) is 0.0667. The molecule has 1 aromatic carbocycles. The number of aromatic amines is 1. The number of nitrogens with one attached hydrogen (secondary N) is 1. The molecule has 3 aromatic rings. The number of aromatic nitrogens is 2. The largest absolute Gasteiger partial charge is 0.496 e. The van der Waals surface area contributed by atoms with Crippen LogP contribution in [0, 0.1) is 5.82 Å². The van der Waals surface area contributed by atoms with E-state index in [9.17, 15) is 9.18 Å². The third kappa shape index (κ3) is 2.31. The van der Waals surface area contributed by atoms with Gasteiger partial charge in [-0.05, 0) is 34.1 Å². The van der Waals surface area contributed by atoms with Crippen molar-refractivity contribution >= 4 is 32.7 Å². The first-order valence-corrected chi connectivity index (χ1v) is 6.91. The normalized spacial score (nSPS) is 10.8. The van der Waals surface area contributed by atoms with Crippen molar-refractivity contribution in [2.24, 2.45) is 0 Å². The van der Waals surface area contributed by atoms with Crippen LogP contribution in [0.15, 0.2) is 41.1 Å². The molecule has 0 fully saturated rings. The second kappa shape index (κ2) is 5.29. The monoisotopic (exact) mass is 348 g/mol. The standard InChI is InChI=1S/C15H10BrFN2O2/c1-21-12-4-2-3-11(17)13(12)14(20)10-7-19-15-9(10)5-8(16)6-18-15/h2-7H,1H3,(H,18,19). The zero-order valence-electron chi connectivity index (χ0n) is 11.0. The summed E-state index contributed by atoms with van der Waals surface area (Å²) in [6, 6.07) is 6.05. The number of H-pyrrole nitrogens is 1. The molecule has 0 spiro atoms. The number of pyridine rings is 1. The van der Waals surface area contributed by atoms with E-state index >= 15 is 0 Å². The van der Waals surface area contributed by atoms with E-state index < -0.39 is 11.6 Å². The van der Waals surface area contributed by atoms with Gasteiger partial charge in [-0.3, -0.25) is 4.79 Å². The second-order valence-electron chi connectivity index (χ2n) is 4.40. The smallest absolute Gasteiger partial charge is 0.201 e. The van der Waals surface area contributed by atoms with Crippen LogP contribution >= 0.6 is 15.9 Å². The van der Waals surface area contributed by atoms with Gasteiger partial charge in [0.25, 0.3) is 0 Å². The van der Waals surface area contributed by atoms with Crippen LogP contribution in [0.5, 0.6) is 5.75 Å². The van der Waals surface area contributed by atoms with Crippen LogP contribution < -0.4 is 4.74 Å². The molecule has 0 saturated carbocycles. The van der Waals surface area contributed by atoms with Gasteiger partial charge in [0.15, 0.2) is 0 Å². The number of methoxy groups -OCH3 is 1. The average molecular weight is 349 g/mol. The van der Waals surface area contributed by atoms with Crippen molar-refractivity contribution in [1.29, 1.82) is 0 Å². The molecule has 3 rings (SSSR count). The number of rotatable bonds is 3. The van der Waals surface area contributed by atoms with Gasteiger partial charge in [-0.1, -0.05) is 6.07 Å². The number of ether oxygens (including phenoxy) is 1. The molecule has 2 aromatic heterocycles. The molecular formula is C15H10BrFN2O2. The van der Waals surface area contributed by atoms with Crippen molar-refractivity contribution in [2.75, 3.05) is 7.11 Å². The number of hydrogen-bond acceptors (Lipinski definition) is 3. The maximum absolute atomic E-state index is 14.0. The molecule has 0 unspecified atom stereocenters. The predicted molar refractivity (Wildman–Crippen MR) is 80.2 cm³/mol. The number of ketones is 1. The van der Waals surface area contributed by atoms with E-state index in [4.69, 9.17) is 4.74 Å². The first kappa shape index (κ1) is 13.8. The molecule has 0 aliphatic rings. The molecule has 0 radical (unpaired) electrons. The van der Waals surface area contributed by atoms with Crippen molar-refractivity contribution in [2.45, 2.75) is 0 Å². The van der Waals surface area contributed by atoms with Gasteiger partial charge in [0.05, 0.1) is 7.11 Å². The Labute approximate surface area is 128 Å². The number of nitrogens with zero attached hydrogens (tertiary/aromatic N) is 1. The molecule has 0 aliphatic heterocycles. The minimum Gasteiger partial charge on any atom is -0.496 e. The number of carbonyl (C=O) groups is 1. The van der Waals surface area contributed by atoms with Crippen molar-refractivity contribution in [1.82, 2.24) is 9.97 Å². The maximum Gasteiger partial charge on any atom is 0.201 e. The van der Waals surface area contributed by atoms with Crippen LogP contribution in [0.3, 0.4) is 0 Å².